The average molecular weight is 280 g/mol. The second-order valence-electron chi connectivity index (χ2n) is 5.33. The first kappa shape index (κ1) is 15.0. The number of hydrogen-bond acceptors (Lipinski definition) is 4. The van der Waals surface area contributed by atoms with E-state index in [9.17, 15) is 4.79 Å². The van der Waals surface area contributed by atoms with Gasteiger partial charge >= 0.3 is 0 Å². The van der Waals surface area contributed by atoms with Crippen LogP contribution in [0.3, 0.4) is 0 Å². The molecule has 2 N–H and O–H groups in total. The zero-order valence-electron chi connectivity index (χ0n) is 12.5. The molecule has 0 saturated carbocycles. The first-order valence-electron chi connectivity index (χ1n) is 7.15. The topological polar surface area (TPSA) is 68.2 Å². The molecule has 1 aromatic heterocycles. The number of carbonyl (C=O) groups is 1. The molecule has 6 heteroatoms. The van der Waals surface area contributed by atoms with Crippen molar-refractivity contribution in [3.05, 3.63) is 17.0 Å². The summed E-state index contributed by atoms with van der Waals surface area (Å²) >= 11 is 0. The normalized spacial score (nSPS) is 16.4. The maximum Gasteiger partial charge on any atom is 0.234 e. The minimum Gasteiger partial charge on any atom is -0.381 e. The van der Waals surface area contributed by atoms with Gasteiger partial charge in [-0.1, -0.05) is 0 Å². The van der Waals surface area contributed by atoms with Crippen LogP contribution in [-0.2, 0) is 23.1 Å². The fourth-order valence-electron chi connectivity index (χ4n) is 2.49. The molecule has 112 valence electrons. The van der Waals surface area contributed by atoms with E-state index in [4.69, 9.17) is 4.74 Å². The van der Waals surface area contributed by atoms with Gasteiger partial charge in [0.05, 0.1) is 12.2 Å². The van der Waals surface area contributed by atoms with E-state index in [-0.39, 0.29) is 11.9 Å². The Balaban J connectivity index is 1.73. The number of ether oxygens (including phenoxy) is 1. The molecule has 0 aliphatic carbocycles. The van der Waals surface area contributed by atoms with Crippen LogP contribution in [0.2, 0.25) is 0 Å². The number of nitrogens with one attached hydrogen (secondary N) is 2. The number of hydrogen-bond donors (Lipinski definition) is 2. The first-order valence-corrected chi connectivity index (χ1v) is 7.15. The van der Waals surface area contributed by atoms with Gasteiger partial charge in [-0.25, -0.2) is 0 Å². The van der Waals surface area contributed by atoms with Crippen LogP contribution in [0.1, 0.15) is 29.8 Å². The summed E-state index contributed by atoms with van der Waals surface area (Å²) in [5, 5.41) is 10.6. The van der Waals surface area contributed by atoms with Crippen LogP contribution < -0.4 is 10.6 Å². The van der Waals surface area contributed by atoms with E-state index >= 15 is 0 Å². The predicted octanol–water partition coefficient (Wildman–Crippen LogP) is 0.422. The lowest BCUT2D eigenvalue weighted by atomic mass is 10.1. The van der Waals surface area contributed by atoms with Gasteiger partial charge in [0.25, 0.3) is 0 Å². The van der Waals surface area contributed by atoms with Crippen LogP contribution in [0.25, 0.3) is 0 Å². The highest BCUT2D eigenvalue weighted by atomic mass is 16.5. The molecule has 1 aliphatic heterocycles. The van der Waals surface area contributed by atoms with Crippen molar-refractivity contribution in [3.8, 4) is 0 Å². The van der Waals surface area contributed by atoms with E-state index < -0.39 is 0 Å². The quantitative estimate of drug-likeness (QED) is 0.820. The van der Waals surface area contributed by atoms with Gasteiger partial charge in [-0.3, -0.25) is 9.48 Å². The van der Waals surface area contributed by atoms with Crippen molar-refractivity contribution in [3.63, 3.8) is 0 Å². The Hall–Kier alpha value is -1.40. The van der Waals surface area contributed by atoms with E-state index in [2.05, 4.69) is 15.7 Å². The Bertz CT molecular complexity index is 464. The zero-order valence-corrected chi connectivity index (χ0v) is 12.5. The molecule has 0 unspecified atom stereocenters. The molecule has 1 saturated heterocycles. The molecular formula is C14H24N4O2. The number of carbonyl (C=O) groups excluding carboxylic acids is 1. The van der Waals surface area contributed by atoms with Gasteiger partial charge in [0.1, 0.15) is 0 Å². The molecule has 20 heavy (non-hydrogen) atoms. The summed E-state index contributed by atoms with van der Waals surface area (Å²) in [6.45, 7) is 6.53. The highest BCUT2D eigenvalue weighted by Gasteiger charge is 2.16. The van der Waals surface area contributed by atoms with Crippen molar-refractivity contribution >= 4 is 5.91 Å². The van der Waals surface area contributed by atoms with E-state index in [1.807, 2.05) is 25.6 Å². The number of amides is 1. The van der Waals surface area contributed by atoms with Gasteiger partial charge in [-0.05, 0) is 26.7 Å². The van der Waals surface area contributed by atoms with E-state index in [0.29, 0.717) is 13.1 Å². The third kappa shape index (κ3) is 3.80. The third-order valence-electron chi connectivity index (χ3n) is 3.83. The lowest BCUT2D eigenvalue weighted by Crippen LogP contribution is -2.42. The maximum absolute atomic E-state index is 11.8. The van der Waals surface area contributed by atoms with E-state index in [1.165, 1.54) is 5.56 Å². The smallest absolute Gasteiger partial charge is 0.234 e. The molecule has 2 heterocycles. The predicted molar refractivity (Wildman–Crippen MR) is 76.4 cm³/mol. The maximum atomic E-state index is 11.8. The summed E-state index contributed by atoms with van der Waals surface area (Å²) < 4.78 is 7.14. The largest absolute Gasteiger partial charge is 0.381 e. The molecule has 1 aliphatic rings. The second-order valence-corrected chi connectivity index (χ2v) is 5.33. The Kier molecular flexibility index (Phi) is 5.14. The molecule has 1 amide bonds. The molecule has 0 aromatic carbocycles. The summed E-state index contributed by atoms with van der Waals surface area (Å²) in [7, 11) is 1.93. The number of nitrogens with zero attached hydrogens (tertiary/aromatic N) is 2. The monoisotopic (exact) mass is 280 g/mol. The summed E-state index contributed by atoms with van der Waals surface area (Å²) in [6.07, 6.45) is 1.82. The molecule has 6 nitrogen and oxygen atoms in total. The summed E-state index contributed by atoms with van der Waals surface area (Å²) in [5.41, 5.74) is 3.33. The van der Waals surface area contributed by atoms with Gasteiger partial charge in [-0.15, -0.1) is 0 Å². The van der Waals surface area contributed by atoms with E-state index in [0.717, 1.165) is 37.4 Å². The highest BCUT2D eigenvalue weighted by molar-refractivity contribution is 5.78. The van der Waals surface area contributed by atoms with E-state index in [1.54, 1.807) is 0 Å². The number of rotatable bonds is 5. The summed E-state index contributed by atoms with van der Waals surface area (Å²) in [6, 6.07) is 0.264. The van der Waals surface area contributed by atoms with Crippen LogP contribution in [-0.4, -0.2) is 41.5 Å². The Morgan fingerprint density at radius 3 is 2.70 bits per heavy atom. The summed E-state index contributed by atoms with van der Waals surface area (Å²) in [4.78, 5) is 11.8. The van der Waals surface area contributed by atoms with Crippen molar-refractivity contribution in [1.29, 1.82) is 0 Å². The summed E-state index contributed by atoms with van der Waals surface area (Å²) in [5.74, 6) is 0.0519. The van der Waals surface area contributed by atoms with Crippen LogP contribution >= 0.6 is 0 Å². The minimum absolute atomic E-state index is 0.0519. The fourth-order valence-corrected chi connectivity index (χ4v) is 2.49. The second kappa shape index (κ2) is 6.85. The first-order chi connectivity index (χ1) is 9.58. The molecule has 0 radical (unpaired) electrons. The lowest BCUT2D eigenvalue weighted by Gasteiger charge is -2.23. The molecular weight excluding hydrogens is 256 g/mol. The molecule has 0 bridgehead atoms. The minimum atomic E-state index is 0.0519. The van der Waals surface area contributed by atoms with Crippen molar-refractivity contribution in [2.24, 2.45) is 7.05 Å². The van der Waals surface area contributed by atoms with Crippen LogP contribution in [0, 0.1) is 13.8 Å². The highest BCUT2D eigenvalue weighted by Crippen LogP contribution is 2.11. The van der Waals surface area contributed by atoms with Gasteiger partial charge in [0.2, 0.25) is 5.91 Å². The van der Waals surface area contributed by atoms with Crippen LogP contribution in [0.15, 0.2) is 0 Å². The SMILES string of the molecule is Cc1nn(C)c(C)c1CNCC(=O)NC1CCOCC1. The lowest BCUT2D eigenvalue weighted by molar-refractivity contribution is -0.121. The van der Waals surface area contributed by atoms with Crippen molar-refractivity contribution < 1.29 is 9.53 Å². The van der Waals surface area contributed by atoms with Crippen molar-refractivity contribution in [2.45, 2.75) is 39.3 Å². The molecule has 0 atom stereocenters. The Morgan fingerprint density at radius 1 is 1.40 bits per heavy atom. The Morgan fingerprint density at radius 2 is 2.10 bits per heavy atom. The Labute approximate surface area is 119 Å². The number of aromatic nitrogens is 2. The van der Waals surface area contributed by atoms with Crippen LogP contribution in [0.5, 0.6) is 0 Å². The van der Waals surface area contributed by atoms with Crippen molar-refractivity contribution in [2.75, 3.05) is 19.8 Å². The molecule has 1 fully saturated rings. The standard InChI is InChI=1S/C14H24N4O2/c1-10-13(11(2)18(3)17-10)8-15-9-14(19)16-12-4-6-20-7-5-12/h12,15H,4-9H2,1-3H3,(H,16,19). The zero-order chi connectivity index (χ0) is 14.5. The molecule has 1 aromatic rings. The number of aryl methyl sites for hydroxylation is 2. The van der Waals surface area contributed by atoms with Gasteiger partial charge in [0.15, 0.2) is 0 Å². The van der Waals surface area contributed by atoms with Gasteiger partial charge < -0.3 is 15.4 Å². The van der Waals surface area contributed by atoms with Crippen molar-refractivity contribution in [1.82, 2.24) is 20.4 Å². The average Bonchev–Trinajstić information content (AvgIpc) is 2.66. The van der Waals surface area contributed by atoms with Crippen LogP contribution in [0.4, 0.5) is 0 Å². The molecule has 2 rings (SSSR count). The van der Waals surface area contributed by atoms with Gasteiger partial charge in [0, 0.05) is 44.1 Å². The fraction of sp³-hybridized carbons (Fsp3) is 0.714. The van der Waals surface area contributed by atoms with Gasteiger partial charge in [-0.2, -0.15) is 5.10 Å². The third-order valence-corrected chi connectivity index (χ3v) is 3.83. The molecule has 0 spiro atoms.